The lowest BCUT2D eigenvalue weighted by Crippen LogP contribution is -2.51. The second-order valence-electron chi connectivity index (χ2n) is 4.90. The number of carbonyl (C=O) groups is 1. The molecular weight excluding hydrogens is 230 g/mol. The van der Waals surface area contributed by atoms with E-state index in [0.29, 0.717) is 0 Å². The molecule has 0 saturated heterocycles. The number of nitrogens with zero attached hydrogens (tertiary/aromatic N) is 1. The molecule has 0 fully saturated rings. The third-order valence-corrected chi connectivity index (χ3v) is 2.94. The van der Waals surface area contributed by atoms with Crippen LogP contribution in [-0.4, -0.2) is 46.3 Å². The van der Waals surface area contributed by atoms with Crippen molar-refractivity contribution >= 4 is 5.91 Å². The number of hydrogen-bond donors (Lipinski definition) is 2. The van der Waals surface area contributed by atoms with Crippen molar-refractivity contribution in [3.63, 3.8) is 0 Å². The number of hydrogen-bond acceptors (Lipinski definition) is 3. The summed E-state index contributed by atoms with van der Waals surface area (Å²) in [5, 5.41) is 18.4. The van der Waals surface area contributed by atoms with E-state index in [9.17, 15) is 9.90 Å². The van der Waals surface area contributed by atoms with Crippen LogP contribution in [0.1, 0.15) is 19.4 Å². The SMILES string of the molecule is CC(C)(CO)N(CCO)C(=O)Cc1ccccc1. The van der Waals surface area contributed by atoms with Crippen LogP contribution in [0.5, 0.6) is 0 Å². The van der Waals surface area contributed by atoms with Gasteiger partial charge in [0.15, 0.2) is 0 Å². The van der Waals surface area contributed by atoms with Crippen LogP contribution in [-0.2, 0) is 11.2 Å². The van der Waals surface area contributed by atoms with Gasteiger partial charge in [-0.05, 0) is 19.4 Å². The van der Waals surface area contributed by atoms with Crippen LogP contribution in [0.25, 0.3) is 0 Å². The third-order valence-electron chi connectivity index (χ3n) is 2.94. The molecule has 0 atom stereocenters. The maximum absolute atomic E-state index is 12.2. The van der Waals surface area contributed by atoms with Gasteiger partial charge in [0, 0.05) is 6.54 Å². The van der Waals surface area contributed by atoms with E-state index >= 15 is 0 Å². The van der Waals surface area contributed by atoms with E-state index in [2.05, 4.69) is 0 Å². The Hall–Kier alpha value is -1.39. The molecule has 0 saturated carbocycles. The van der Waals surface area contributed by atoms with Crippen molar-refractivity contribution < 1.29 is 15.0 Å². The Bertz CT molecular complexity index is 376. The number of rotatable bonds is 6. The molecule has 2 N–H and O–H groups in total. The Morgan fingerprint density at radius 3 is 2.33 bits per heavy atom. The largest absolute Gasteiger partial charge is 0.395 e. The van der Waals surface area contributed by atoms with E-state index < -0.39 is 5.54 Å². The van der Waals surface area contributed by atoms with Crippen molar-refractivity contribution in [1.82, 2.24) is 4.90 Å². The quantitative estimate of drug-likeness (QED) is 0.787. The number of amides is 1. The van der Waals surface area contributed by atoms with Gasteiger partial charge in [-0.25, -0.2) is 0 Å². The second-order valence-corrected chi connectivity index (χ2v) is 4.90. The van der Waals surface area contributed by atoms with Gasteiger partial charge in [-0.2, -0.15) is 0 Å². The van der Waals surface area contributed by atoms with Crippen molar-refractivity contribution in [2.45, 2.75) is 25.8 Å². The number of aliphatic hydroxyl groups is 2. The molecule has 1 aromatic rings. The van der Waals surface area contributed by atoms with Crippen LogP contribution in [0.2, 0.25) is 0 Å². The Balaban J connectivity index is 2.78. The molecule has 0 bridgehead atoms. The van der Waals surface area contributed by atoms with E-state index in [4.69, 9.17) is 5.11 Å². The molecule has 0 unspecified atom stereocenters. The van der Waals surface area contributed by atoms with Crippen molar-refractivity contribution in [2.24, 2.45) is 0 Å². The molecule has 1 amide bonds. The molecule has 18 heavy (non-hydrogen) atoms. The van der Waals surface area contributed by atoms with Crippen molar-refractivity contribution in [1.29, 1.82) is 0 Å². The summed E-state index contributed by atoms with van der Waals surface area (Å²) in [6, 6.07) is 9.45. The first-order valence-electron chi connectivity index (χ1n) is 6.07. The molecule has 0 aliphatic heterocycles. The van der Waals surface area contributed by atoms with Gasteiger partial charge in [0.25, 0.3) is 0 Å². The minimum Gasteiger partial charge on any atom is -0.395 e. The maximum atomic E-state index is 12.2. The normalized spacial score (nSPS) is 11.3. The molecule has 0 aromatic heterocycles. The highest BCUT2D eigenvalue weighted by atomic mass is 16.3. The van der Waals surface area contributed by atoms with E-state index in [1.165, 1.54) is 4.90 Å². The molecule has 100 valence electrons. The van der Waals surface area contributed by atoms with Crippen LogP contribution in [0.3, 0.4) is 0 Å². The number of β-amino-alcohol motifs (C(OH)–C–C–N with tert-alkyl or cyclic N) is 1. The van der Waals surface area contributed by atoms with Crippen LogP contribution < -0.4 is 0 Å². The van der Waals surface area contributed by atoms with Crippen LogP contribution in [0, 0.1) is 0 Å². The summed E-state index contributed by atoms with van der Waals surface area (Å²) in [4.78, 5) is 13.7. The Morgan fingerprint density at radius 1 is 1.22 bits per heavy atom. The molecular formula is C14H21NO3. The average Bonchev–Trinajstić information content (AvgIpc) is 2.36. The second kappa shape index (κ2) is 6.52. The fourth-order valence-electron chi connectivity index (χ4n) is 1.82. The number of aliphatic hydroxyl groups excluding tert-OH is 2. The predicted octanol–water partition coefficient (Wildman–Crippen LogP) is 0.821. The monoisotopic (exact) mass is 251 g/mol. The van der Waals surface area contributed by atoms with Gasteiger partial charge in [0.2, 0.25) is 5.91 Å². The van der Waals surface area contributed by atoms with Gasteiger partial charge in [-0.3, -0.25) is 4.79 Å². The van der Waals surface area contributed by atoms with Crippen LogP contribution in [0.15, 0.2) is 30.3 Å². The minimum atomic E-state index is -0.658. The van der Waals surface area contributed by atoms with Gasteiger partial charge in [-0.1, -0.05) is 30.3 Å². The van der Waals surface area contributed by atoms with Crippen molar-refractivity contribution in [3.8, 4) is 0 Å². The van der Waals surface area contributed by atoms with Gasteiger partial charge in [-0.15, -0.1) is 0 Å². The van der Waals surface area contributed by atoms with E-state index in [0.717, 1.165) is 5.56 Å². The Kier molecular flexibility index (Phi) is 5.31. The number of benzene rings is 1. The minimum absolute atomic E-state index is 0.0886. The first-order valence-corrected chi connectivity index (χ1v) is 6.07. The average molecular weight is 251 g/mol. The zero-order valence-corrected chi connectivity index (χ0v) is 11.0. The maximum Gasteiger partial charge on any atom is 0.227 e. The molecule has 0 aliphatic rings. The molecule has 0 aliphatic carbocycles. The molecule has 0 radical (unpaired) electrons. The number of carbonyl (C=O) groups excluding carboxylic acids is 1. The van der Waals surface area contributed by atoms with Crippen molar-refractivity contribution in [2.75, 3.05) is 19.8 Å². The highest BCUT2D eigenvalue weighted by Crippen LogP contribution is 2.15. The fraction of sp³-hybridized carbons (Fsp3) is 0.500. The van der Waals surface area contributed by atoms with E-state index in [1.54, 1.807) is 13.8 Å². The third kappa shape index (κ3) is 3.82. The summed E-state index contributed by atoms with van der Waals surface area (Å²) >= 11 is 0. The highest BCUT2D eigenvalue weighted by Gasteiger charge is 2.29. The molecule has 1 aromatic carbocycles. The zero-order chi connectivity index (χ0) is 13.6. The Morgan fingerprint density at radius 2 is 1.83 bits per heavy atom. The lowest BCUT2D eigenvalue weighted by atomic mass is 10.0. The first kappa shape index (κ1) is 14.7. The summed E-state index contributed by atoms with van der Waals surface area (Å²) in [6.07, 6.45) is 0.282. The molecule has 4 nitrogen and oxygen atoms in total. The fourth-order valence-corrected chi connectivity index (χ4v) is 1.82. The lowest BCUT2D eigenvalue weighted by Gasteiger charge is -2.37. The summed E-state index contributed by atoms with van der Waals surface area (Å²) in [7, 11) is 0. The van der Waals surface area contributed by atoms with Gasteiger partial charge >= 0.3 is 0 Å². The van der Waals surface area contributed by atoms with E-state index in [-0.39, 0.29) is 32.1 Å². The molecule has 0 spiro atoms. The standard InChI is InChI=1S/C14H21NO3/c1-14(2,11-17)15(8-9-16)13(18)10-12-6-4-3-5-7-12/h3-7,16-17H,8-11H2,1-2H3. The van der Waals surface area contributed by atoms with E-state index in [1.807, 2.05) is 30.3 Å². The van der Waals surface area contributed by atoms with Crippen molar-refractivity contribution in [3.05, 3.63) is 35.9 Å². The molecule has 4 heteroatoms. The molecule has 0 heterocycles. The van der Waals surface area contributed by atoms with Crippen LogP contribution in [0.4, 0.5) is 0 Å². The topological polar surface area (TPSA) is 60.8 Å². The smallest absolute Gasteiger partial charge is 0.227 e. The Labute approximate surface area is 108 Å². The summed E-state index contributed by atoms with van der Waals surface area (Å²) in [5.41, 5.74) is 0.272. The lowest BCUT2D eigenvalue weighted by molar-refractivity contribution is -0.138. The highest BCUT2D eigenvalue weighted by molar-refractivity contribution is 5.79. The summed E-state index contributed by atoms with van der Waals surface area (Å²) < 4.78 is 0. The predicted molar refractivity (Wildman–Crippen MR) is 70.1 cm³/mol. The zero-order valence-electron chi connectivity index (χ0n) is 11.0. The first-order chi connectivity index (χ1) is 8.51. The van der Waals surface area contributed by atoms with Crippen LogP contribution >= 0.6 is 0 Å². The summed E-state index contributed by atoms with van der Waals surface area (Å²) in [5.74, 6) is -0.0886. The van der Waals surface area contributed by atoms with Gasteiger partial charge in [0.1, 0.15) is 0 Å². The summed E-state index contributed by atoms with van der Waals surface area (Å²) in [6.45, 7) is 3.56. The van der Waals surface area contributed by atoms with Gasteiger partial charge in [0.05, 0.1) is 25.2 Å². The molecule has 1 rings (SSSR count). The van der Waals surface area contributed by atoms with Gasteiger partial charge < -0.3 is 15.1 Å².